The largest absolute Gasteiger partial charge is 0.394 e. The van der Waals surface area contributed by atoms with Gasteiger partial charge in [-0.25, -0.2) is 0 Å². The van der Waals surface area contributed by atoms with E-state index in [0.717, 1.165) is 12.8 Å². The summed E-state index contributed by atoms with van der Waals surface area (Å²) in [4.78, 5) is 12.4. The summed E-state index contributed by atoms with van der Waals surface area (Å²) in [6.45, 7) is 3.65. The lowest BCUT2D eigenvalue weighted by Gasteiger charge is -2.51. The molecular weight excluding hydrogens is 304 g/mol. The van der Waals surface area contributed by atoms with Gasteiger partial charge in [-0.15, -0.1) is 0 Å². The molecule has 3 N–H and O–H groups in total. The second kappa shape index (κ2) is 6.38. The van der Waals surface area contributed by atoms with Gasteiger partial charge in [-0.05, 0) is 25.7 Å². The Morgan fingerprint density at radius 1 is 1.26 bits per heavy atom. The molecule has 3 fully saturated rings. The predicted octanol–water partition coefficient (Wildman–Crippen LogP) is -0.395. The Labute approximate surface area is 135 Å². The molecule has 0 aromatic carbocycles. The zero-order valence-corrected chi connectivity index (χ0v) is 13.6. The summed E-state index contributed by atoms with van der Waals surface area (Å²) in [6, 6.07) is 0. The van der Waals surface area contributed by atoms with E-state index in [1.54, 1.807) is 0 Å². The van der Waals surface area contributed by atoms with Gasteiger partial charge in [0.05, 0.1) is 18.8 Å². The molecule has 0 amide bonds. The number of carbonyl (C=O) groups is 1. The lowest BCUT2D eigenvalue weighted by Crippen LogP contribution is -2.67. The maximum atomic E-state index is 12.4. The molecule has 23 heavy (non-hydrogen) atoms. The number of aliphatic hydroxyl groups is 3. The first-order chi connectivity index (χ1) is 10.9. The molecule has 0 bridgehead atoms. The molecule has 0 radical (unpaired) electrons. The molecule has 3 aliphatic rings. The summed E-state index contributed by atoms with van der Waals surface area (Å²) in [5.74, 6) is 0.267. The summed E-state index contributed by atoms with van der Waals surface area (Å²) in [5.41, 5.74) is -0.839. The molecule has 0 unspecified atom stereocenters. The third-order valence-corrected chi connectivity index (χ3v) is 5.39. The lowest BCUT2D eigenvalue weighted by molar-refractivity contribution is -0.371. The van der Waals surface area contributed by atoms with Crippen LogP contribution in [0.15, 0.2) is 0 Å². The number of fused-ring (bicyclic) bond motifs is 1. The van der Waals surface area contributed by atoms with Crippen molar-refractivity contribution >= 4 is 5.78 Å². The summed E-state index contributed by atoms with van der Waals surface area (Å²) in [5, 5.41) is 29.5. The van der Waals surface area contributed by atoms with Gasteiger partial charge in [0.2, 0.25) is 0 Å². The van der Waals surface area contributed by atoms with Gasteiger partial charge in [0.25, 0.3) is 0 Å². The van der Waals surface area contributed by atoms with Crippen molar-refractivity contribution in [3.05, 3.63) is 0 Å². The zero-order valence-electron chi connectivity index (χ0n) is 13.6. The Balaban J connectivity index is 1.74. The van der Waals surface area contributed by atoms with Crippen molar-refractivity contribution in [2.24, 2.45) is 11.8 Å². The molecular formula is C16H26O7. The van der Waals surface area contributed by atoms with Gasteiger partial charge in [0.15, 0.2) is 6.29 Å². The fraction of sp³-hybridized carbons (Fsp3) is 0.938. The summed E-state index contributed by atoms with van der Waals surface area (Å²) >= 11 is 0. The van der Waals surface area contributed by atoms with E-state index in [0.29, 0.717) is 12.3 Å². The first-order valence-electron chi connectivity index (χ1n) is 8.30. The van der Waals surface area contributed by atoms with Crippen molar-refractivity contribution in [3.63, 3.8) is 0 Å². The molecule has 3 rings (SSSR count). The highest BCUT2D eigenvalue weighted by Gasteiger charge is 2.54. The average molecular weight is 330 g/mol. The molecule has 2 aliphatic heterocycles. The maximum Gasteiger partial charge on any atom is 0.187 e. The number of rotatable bonds is 2. The smallest absolute Gasteiger partial charge is 0.187 e. The molecule has 8 atom stereocenters. The fourth-order valence-electron chi connectivity index (χ4n) is 3.94. The normalized spacial score (nSPS) is 51.3. The van der Waals surface area contributed by atoms with Crippen molar-refractivity contribution < 1.29 is 34.3 Å². The quantitative estimate of drug-likeness (QED) is 0.633. The molecule has 7 nitrogen and oxygen atoms in total. The van der Waals surface area contributed by atoms with Crippen LogP contribution in [0.5, 0.6) is 0 Å². The van der Waals surface area contributed by atoms with Crippen LogP contribution in [0, 0.1) is 11.8 Å². The lowest BCUT2D eigenvalue weighted by atomic mass is 9.73. The highest BCUT2D eigenvalue weighted by Crippen LogP contribution is 2.41. The SMILES string of the molecule is C[C@H]1CC[C@H]([C@]2(C)CO[C@@H]3O[C@@H](CO)[C@H](O)[C@H](O)[C@@H]3O2)C(=O)C1. The Bertz CT molecular complexity index is 454. The van der Waals surface area contributed by atoms with E-state index in [9.17, 15) is 20.1 Å². The van der Waals surface area contributed by atoms with Crippen molar-refractivity contribution in [3.8, 4) is 0 Å². The fourth-order valence-corrected chi connectivity index (χ4v) is 3.94. The van der Waals surface area contributed by atoms with E-state index < -0.39 is 42.9 Å². The number of hydrogen-bond donors (Lipinski definition) is 3. The van der Waals surface area contributed by atoms with Crippen LogP contribution in [-0.2, 0) is 19.0 Å². The number of aliphatic hydroxyl groups excluding tert-OH is 3. The average Bonchev–Trinajstić information content (AvgIpc) is 2.51. The van der Waals surface area contributed by atoms with Crippen molar-refractivity contribution in [2.75, 3.05) is 13.2 Å². The number of ketones is 1. The number of hydrogen-bond acceptors (Lipinski definition) is 7. The zero-order chi connectivity index (χ0) is 16.8. The summed E-state index contributed by atoms with van der Waals surface area (Å²) in [7, 11) is 0. The van der Waals surface area contributed by atoms with E-state index in [4.69, 9.17) is 14.2 Å². The van der Waals surface area contributed by atoms with Crippen LogP contribution < -0.4 is 0 Å². The van der Waals surface area contributed by atoms with Crippen LogP contribution in [-0.4, -0.2) is 70.6 Å². The summed E-state index contributed by atoms with van der Waals surface area (Å²) < 4.78 is 17.2. The molecule has 2 saturated heterocycles. The van der Waals surface area contributed by atoms with Gasteiger partial charge in [-0.1, -0.05) is 6.92 Å². The molecule has 1 saturated carbocycles. The van der Waals surface area contributed by atoms with Gasteiger partial charge in [0, 0.05) is 12.3 Å². The van der Waals surface area contributed by atoms with Crippen molar-refractivity contribution in [1.29, 1.82) is 0 Å². The highest BCUT2D eigenvalue weighted by molar-refractivity contribution is 5.83. The van der Waals surface area contributed by atoms with Gasteiger partial charge in [-0.2, -0.15) is 0 Å². The second-order valence-corrected chi connectivity index (χ2v) is 7.32. The Hall–Kier alpha value is -0.570. The predicted molar refractivity (Wildman–Crippen MR) is 78.5 cm³/mol. The van der Waals surface area contributed by atoms with E-state index in [-0.39, 0.29) is 18.3 Å². The second-order valence-electron chi connectivity index (χ2n) is 7.32. The molecule has 7 heteroatoms. The van der Waals surface area contributed by atoms with Gasteiger partial charge >= 0.3 is 0 Å². The minimum Gasteiger partial charge on any atom is -0.394 e. The van der Waals surface area contributed by atoms with E-state index >= 15 is 0 Å². The molecule has 0 aromatic heterocycles. The Morgan fingerprint density at radius 2 is 2.00 bits per heavy atom. The third kappa shape index (κ3) is 3.06. The van der Waals surface area contributed by atoms with Crippen LogP contribution >= 0.6 is 0 Å². The molecule has 2 heterocycles. The van der Waals surface area contributed by atoms with E-state index in [1.807, 2.05) is 6.92 Å². The summed E-state index contributed by atoms with van der Waals surface area (Å²) in [6.07, 6.45) is -2.90. The van der Waals surface area contributed by atoms with Crippen LogP contribution in [0.3, 0.4) is 0 Å². The van der Waals surface area contributed by atoms with Crippen LogP contribution in [0.1, 0.15) is 33.1 Å². The van der Waals surface area contributed by atoms with Crippen LogP contribution in [0.25, 0.3) is 0 Å². The topological polar surface area (TPSA) is 105 Å². The van der Waals surface area contributed by atoms with Gasteiger partial charge < -0.3 is 29.5 Å². The monoisotopic (exact) mass is 330 g/mol. The van der Waals surface area contributed by atoms with Crippen LogP contribution in [0.4, 0.5) is 0 Å². The maximum absolute atomic E-state index is 12.4. The standard InChI is InChI=1S/C16H26O7/c1-8-3-4-9(10(18)5-8)16(2)7-21-15-14(23-16)13(20)12(19)11(6-17)22-15/h8-9,11-15,17,19-20H,3-7H2,1-2H3/t8-,9-,11-,12-,13-,14-,15+,16-/m0/s1. The first-order valence-corrected chi connectivity index (χ1v) is 8.30. The highest BCUT2D eigenvalue weighted by atomic mass is 16.7. The molecule has 0 spiro atoms. The number of ether oxygens (including phenoxy) is 3. The Morgan fingerprint density at radius 3 is 2.65 bits per heavy atom. The minimum absolute atomic E-state index is 0.160. The first kappa shape index (κ1) is 17.3. The Kier molecular flexibility index (Phi) is 4.79. The van der Waals surface area contributed by atoms with E-state index in [1.165, 1.54) is 0 Å². The number of carbonyl (C=O) groups excluding carboxylic acids is 1. The van der Waals surface area contributed by atoms with Crippen molar-refractivity contribution in [1.82, 2.24) is 0 Å². The number of Topliss-reactive ketones (excluding diaryl/α,β-unsaturated/α-hetero) is 1. The van der Waals surface area contributed by atoms with Crippen LogP contribution in [0.2, 0.25) is 0 Å². The van der Waals surface area contributed by atoms with Gasteiger partial charge in [0.1, 0.15) is 30.2 Å². The third-order valence-electron chi connectivity index (χ3n) is 5.39. The minimum atomic E-state index is -1.26. The van der Waals surface area contributed by atoms with E-state index in [2.05, 4.69) is 6.92 Å². The van der Waals surface area contributed by atoms with Gasteiger partial charge in [-0.3, -0.25) is 4.79 Å². The molecule has 1 aliphatic carbocycles. The van der Waals surface area contributed by atoms with Crippen molar-refractivity contribution in [2.45, 2.75) is 69.4 Å². The molecule has 0 aromatic rings. The molecule has 132 valence electrons.